The van der Waals surface area contributed by atoms with Gasteiger partial charge in [0.05, 0.1) is 29.8 Å². The molecule has 1 aliphatic carbocycles. The van der Waals surface area contributed by atoms with Crippen LogP contribution in [-0.4, -0.2) is 28.5 Å². The maximum absolute atomic E-state index is 13.9. The van der Waals surface area contributed by atoms with Crippen LogP contribution < -0.4 is 4.90 Å². The largest absolute Gasteiger partial charge is 0.481 e. The smallest absolute Gasteiger partial charge is 0.303 e. The second-order valence-corrected chi connectivity index (χ2v) is 9.56. The number of Topliss-reactive ketones (excluding diaryl/α,β-unsaturated/α-hetero) is 1. The first-order valence-corrected chi connectivity index (χ1v) is 12.3. The summed E-state index contributed by atoms with van der Waals surface area (Å²) in [5, 5.41) is 9.24. The molecule has 1 amide bonds. The molecule has 0 bridgehead atoms. The molecular formula is C30H28N2O4. The molecule has 3 atom stereocenters. The van der Waals surface area contributed by atoms with Gasteiger partial charge in [0.15, 0.2) is 0 Å². The summed E-state index contributed by atoms with van der Waals surface area (Å²) >= 11 is 0. The molecule has 3 aromatic rings. The Balaban J connectivity index is 1.66. The van der Waals surface area contributed by atoms with Gasteiger partial charge in [0, 0.05) is 18.6 Å². The molecular weight excluding hydrogens is 452 g/mol. The minimum atomic E-state index is -1.03. The Morgan fingerprint density at radius 1 is 0.889 bits per heavy atom. The molecule has 0 aromatic heterocycles. The van der Waals surface area contributed by atoms with Crippen LogP contribution in [0.3, 0.4) is 0 Å². The van der Waals surface area contributed by atoms with Crippen molar-refractivity contribution in [2.45, 2.75) is 44.6 Å². The van der Waals surface area contributed by atoms with Crippen LogP contribution in [0.2, 0.25) is 0 Å². The molecule has 0 unspecified atom stereocenters. The fourth-order valence-electron chi connectivity index (χ4n) is 5.39. The Morgan fingerprint density at radius 2 is 1.58 bits per heavy atom. The first-order valence-electron chi connectivity index (χ1n) is 12.3. The molecule has 0 spiro atoms. The van der Waals surface area contributed by atoms with Gasteiger partial charge in [-0.3, -0.25) is 19.4 Å². The Bertz CT molecular complexity index is 1330. The summed E-state index contributed by atoms with van der Waals surface area (Å²) in [5.74, 6) is -1.90. The van der Waals surface area contributed by atoms with Crippen molar-refractivity contribution in [3.05, 3.63) is 95.6 Å². The standard InChI is InChI=1S/C30H28N2O4/c1-19-11-13-21(14-12-19)30-29-24(17-22(18-26(29)33)20-7-3-2-4-8-20)31-23-9-5-6-10-25(23)32(30)27(34)15-16-28(35)36/h2-14,22,29-30H,15-18H2,1H3,(H,35,36)/t22-,29-,30+/m0/s1. The molecule has 0 saturated heterocycles. The van der Waals surface area contributed by atoms with Crippen LogP contribution in [0.5, 0.6) is 0 Å². The van der Waals surface area contributed by atoms with E-state index in [1.165, 1.54) is 0 Å². The van der Waals surface area contributed by atoms with Crippen LogP contribution in [0, 0.1) is 12.8 Å². The number of anilines is 1. The van der Waals surface area contributed by atoms with Gasteiger partial charge in [0.2, 0.25) is 5.91 Å². The molecule has 36 heavy (non-hydrogen) atoms. The summed E-state index contributed by atoms with van der Waals surface area (Å²) in [6, 6.07) is 24.7. The van der Waals surface area contributed by atoms with E-state index in [-0.39, 0.29) is 30.4 Å². The van der Waals surface area contributed by atoms with Crippen LogP contribution >= 0.6 is 0 Å². The molecule has 3 aromatic carbocycles. The summed E-state index contributed by atoms with van der Waals surface area (Å²) in [6.45, 7) is 1.99. The van der Waals surface area contributed by atoms with E-state index >= 15 is 0 Å². The molecule has 1 N–H and O–H groups in total. The maximum atomic E-state index is 13.9. The molecule has 6 nitrogen and oxygen atoms in total. The van der Waals surface area contributed by atoms with Crippen molar-refractivity contribution in [2.75, 3.05) is 4.90 Å². The van der Waals surface area contributed by atoms with Crippen molar-refractivity contribution in [3.8, 4) is 0 Å². The first kappa shape index (κ1) is 23.7. The quantitative estimate of drug-likeness (QED) is 0.501. The lowest BCUT2D eigenvalue weighted by Gasteiger charge is -2.39. The number of rotatable bonds is 5. The number of fused-ring (bicyclic) bond motifs is 2. The molecule has 1 heterocycles. The van der Waals surface area contributed by atoms with Crippen molar-refractivity contribution in [2.24, 2.45) is 10.9 Å². The summed E-state index contributed by atoms with van der Waals surface area (Å²) in [6.07, 6.45) is 0.549. The number of aliphatic imine (C=N–C) groups is 1. The van der Waals surface area contributed by atoms with E-state index in [2.05, 4.69) is 0 Å². The van der Waals surface area contributed by atoms with Crippen LogP contribution in [-0.2, 0) is 14.4 Å². The van der Waals surface area contributed by atoms with E-state index in [0.717, 1.165) is 22.4 Å². The maximum Gasteiger partial charge on any atom is 0.303 e. The van der Waals surface area contributed by atoms with E-state index in [1.54, 1.807) is 4.90 Å². The molecule has 6 heteroatoms. The molecule has 1 aliphatic heterocycles. The topological polar surface area (TPSA) is 87.0 Å². The number of aliphatic carboxylic acids is 1. The van der Waals surface area contributed by atoms with Gasteiger partial charge in [-0.05, 0) is 42.5 Å². The van der Waals surface area contributed by atoms with E-state index in [4.69, 9.17) is 4.99 Å². The number of hydrogen-bond acceptors (Lipinski definition) is 4. The summed E-state index contributed by atoms with van der Waals surface area (Å²) in [5.41, 5.74) is 5.01. The number of ketones is 1. The Morgan fingerprint density at radius 3 is 2.31 bits per heavy atom. The van der Waals surface area contributed by atoms with Crippen molar-refractivity contribution < 1.29 is 19.5 Å². The highest BCUT2D eigenvalue weighted by atomic mass is 16.4. The van der Waals surface area contributed by atoms with Crippen LogP contribution in [0.25, 0.3) is 0 Å². The fourth-order valence-corrected chi connectivity index (χ4v) is 5.39. The highest BCUT2D eigenvalue weighted by molar-refractivity contribution is 6.13. The zero-order chi connectivity index (χ0) is 25.2. The molecule has 1 saturated carbocycles. The van der Waals surface area contributed by atoms with Gasteiger partial charge < -0.3 is 10.0 Å². The minimum absolute atomic E-state index is 0.0220. The fraction of sp³-hybridized carbons (Fsp3) is 0.267. The molecule has 0 radical (unpaired) electrons. The number of aryl methyl sites for hydroxylation is 1. The SMILES string of the molecule is Cc1ccc([C@@H]2[C@@H]3C(=O)C[C@@H](c4ccccc4)CC3=Nc3ccccc3N2C(=O)CCC(=O)O)cc1. The predicted molar refractivity (Wildman–Crippen MR) is 139 cm³/mol. The van der Waals surface area contributed by atoms with Crippen molar-refractivity contribution in [1.82, 2.24) is 0 Å². The molecule has 2 aliphatic rings. The molecule has 5 rings (SSSR count). The number of carboxylic acid groups (broad SMARTS) is 1. The minimum Gasteiger partial charge on any atom is -0.481 e. The van der Waals surface area contributed by atoms with Crippen molar-refractivity contribution in [3.63, 3.8) is 0 Å². The van der Waals surface area contributed by atoms with E-state index in [1.807, 2.05) is 85.8 Å². The van der Waals surface area contributed by atoms with Gasteiger partial charge >= 0.3 is 5.97 Å². The highest BCUT2D eigenvalue weighted by Crippen LogP contribution is 2.47. The normalized spacial score (nSPS) is 21.1. The van der Waals surface area contributed by atoms with E-state index in [9.17, 15) is 19.5 Å². The molecule has 182 valence electrons. The first-order chi connectivity index (χ1) is 17.4. The third-order valence-corrected chi connectivity index (χ3v) is 7.12. The van der Waals surface area contributed by atoms with Gasteiger partial charge in [-0.25, -0.2) is 0 Å². The number of carbonyl (C=O) groups excluding carboxylic acids is 2. The second-order valence-electron chi connectivity index (χ2n) is 9.56. The average molecular weight is 481 g/mol. The number of carbonyl (C=O) groups is 3. The van der Waals surface area contributed by atoms with Gasteiger partial charge in [-0.15, -0.1) is 0 Å². The van der Waals surface area contributed by atoms with Crippen molar-refractivity contribution >= 4 is 34.7 Å². The average Bonchev–Trinajstić information content (AvgIpc) is 3.03. The third-order valence-electron chi connectivity index (χ3n) is 7.12. The predicted octanol–water partition coefficient (Wildman–Crippen LogP) is 5.78. The Kier molecular flexibility index (Phi) is 6.51. The van der Waals surface area contributed by atoms with E-state index in [0.29, 0.717) is 24.2 Å². The van der Waals surface area contributed by atoms with Gasteiger partial charge in [0.1, 0.15) is 5.78 Å². The summed E-state index contributed by atoms with van der Waals surface area (Å²) < 4.78 is 0. The zero-order valence-corrected chi connectivity index (χ0v) is 20.1. The van der Waals surface area contributed by atoms with Gasteiger partial charge in [0.25, 0.3) is 0 Å². The number of para-hydroxylation sites is 2. The van der Waals surface area contributed by atoms with Crippen LogP contribution in [0.4, 0.5) is 11.4 Å². The number of hydrogen-bond donors (Lipinski definition) is 1. The van der Waals surface area contributed by atoms with Gasteiger partial charge in [-0.2, -0.15) is 0 Å². The van der Waals surface area contributed by atoms with E-state index < -0.39 is 17.9 Å². The Labute approximate surface area is 210 Å². The number of carboxylic acids is 1. The van der Waals surface area contributed by atoms with Crippen LogP contribution in [0.15, 0.2) is 83.9 Å². The Hall–Kier alpha value is -4.06. The van der Waals surface area contributed by atoms with Gasteiger partial charge in [-0.1, -0.05) is 72.3 Å². The lowest BCUT2D eigenvalue weighted by atomic mass is 9.72. The summed E-state index contributed by atoms with van der Waals surface area (Å²) in [7, 11) is 0. The highest BCUT2D eigenvalue weighted by Gasteiger charge is 2.46. The zero-order valence-electron chi connectivity index (χ0n) is 20.1. The number of amides is 1. The number of benzene rings is 3. The van der Waals surface area contributed by atoms with Crippen LogP contribution in [0.1, 0.15) is 54.3 Å². The lowest BCUT2D eigenvalue weighted by Crippen LogP contribution is -2.45. The molecule has 1 fully saturated rings. The third kappa shape index (κ3) is 4.59. The van der Waals surface area contributed by atoms with Crippen molar-refractivity contribution in [1.29, 1.82) is 0 Å². The monoisotopic (exact) mass is 480 g/mol. The number of nitrogens with zero attached hydrogens (tertiary/aromatic N) is 2. The lowest BCUT2D eigenvalue weighted by molar-refractivity contribution is -0.138. The second kappa shape index (κ2) is 9.90. The summed E-state index contributed by atoms with van der Waals surface area (Å²) in [4.78, 5) is 45.4.